The van der Waals surface area contributed by atoms with E-state index in [1.54, 1.807) is 13.4 Å². The molecule has 0 atom stereocenters. The summed E-state index contributed by atoms with van der Waals surface area (Å²) in [6.45, 7) is 2.45. The molecule has 1 aliphatic carbocycles. The normalized spacial score (nSPS) is 13.3. The summed E-state index contributed by atoms with van der Waals surface area (Å²) in [5, 5.41) is 9.54. The van der Waals surface area contributed by atoms with Crippen LogP contribution in [0.4, 0.5) is 0 Å². The van der Waals surface area contributed by atoms with Crippen molar-refractivity contribution in [1.29, 1.82) is 0 Å². The Kier molecular flexibility index (Phi) is 9.82. The molecule has 0 saturated heterocycles. The fourth-order valence-corrected chi connectivity index (χ4v) is 2.69. The van der Waals surface area contributed by atoms with Crippen LogP contribution < -0.4 is 20.7 Å². The lowest BCUT2D eigenvalue weighted by Gasteiger charge is -2.13. The Balaban J connectivity index is 0.00000300. The average molecular weight is 512 g/mol. The van der Waals surface area contributed by atoms with E-state index in [0.29, 0.717) is 32.1 Å². The van der Waals surface area contributed by atoms with Gasteiger partial charge in [-0.25, -0.2) is 4.99 Å². The van der Waals surface area contributed by atoms with Crippen molar-refractivity contribution >= 4 is 35.8 Å². The molecule has 0 radical (unpaired) electrons. The smallest absolute Gasteiger partial charge is 0.223 e. The lowest BCUT2D eigenvalue weighted by molar-refractivity contribution is -0.122. The van der Waals surface area contributed by atoms with Gasteiger partial charge >= 0.3 is 0 Å². The van der Waals surface area contributed by atoms with E-state index >= 15 is 0 Å². The van der Waals surface area contributed by atoms with Gasteiger partial charge in [-0.05, 0) is 42.7 Å². The summed E-state index contributed by atoms with van der Waals surface area (Å²) < 4.78 is 10.5. The van der Waals surface area contributed by atoms with E-state index in [2.05, 4.69) is 20.9 Å². The molecule has 0 spiro atoms. The van der Waals surface area contributed by atoms with Crippen LogP contribution in [0, 0.1) is 5.92 Å². The highest BCUT2D eigenvalue weighted by atomic mass is 127. The van der Waals surface area contributed by atoms with Crippen LogP contribution in [0.2, 0.25) is 0 Å². The molecule has 1 fully saturated rings. The number of halogens is 1. The van der Waals surface area contributed by atoms with E-state index in [1.807, 2.05) is 36.4 Å². The van der Waals surface area contributed by atoms with E-state index in [9.17, 15) is 4.79 Å². The van der Waals surface area contributed by atoms with Crippen LogP contribution in [0.15, 0.2) is 52.1 Å². The van der Waals surface area contributed by atoms with Crippen molar-refractivity contribution in [1.82, 2.24) is 16.0 Å². The van der Waals surface area contributed by atoms with Gasteiger partial charge in [0, 0.05) is 32.0 Å². The highest BCUT2D eigenvalue weighted by Gasteiger charge is 2.28. The molecular formula is C21H29IN4O3. The van der Waals surface area contributed by atoms with Gasteiger partial charge in [-0.3, -0.25) is 4.79 Å². The SMILES string of the molecule is COc1ccc(CN=C(NCCNC(=O)C2CC2)NCCc2ccco2)cc1.I. The van der Waals surface area contributed by atoms with Crippen molar-refractivity contribution in [2.24, 2.45) is 10.9 Å². The van der Waals surface area contributed by atoms with Crippen LogP contribution >= 0.6 is 24.0 Å². The van der Waals surface area contributed by atoms with Crippen LogP contribution in [0.3, 0.4) is 0 Å². The summed E-state index contributed by atoms with van der Waals surface area (Å²) in [4.78, 5) is 16.4. The summed E-state index contributed by atoms with van der Waals surface area (Å²) in [6, 6.07) is 11.7. The first-order valence-corrected chi connectivity index (χ1v) is 9.70. The minimum absolute atomic E-state index is 0. The van der Waals surface area contributed by atoms with Crippen molar-refractivity contribution in [3.8, 4) is 5.75 Å². The Morgan fingerprint density at radius 1 is 1.10 bits per heavy atom. The highest BCUT2D eigenvalue weighted by Crippen LogP contribution is 2.28. The van der Waals surface area contributed by atoms with Gasteiger partial charge in [-0.1, -0.05) is 12.1 Å². The third kappa shape index (κ3) is 8.35. The highest BCUT2D eigenvalue weighted by molar-refractivity contribution is 14.0. The van der Waals surface area contributed by atoms with Gasteiger partial charge in [0.2, 0.25) is 5.91 Å². The summed E-state index contributed by atoms with van der Waals surface area (Å²) in [5.41, 5.74) is 1.09. The molecule has 0 unspecified atom stereocenters. The van der Waals surface area contributed by atoms with E-state index in [1.165, 1.54) is 0 Å². The fourth-order valence-electron chi connectivity index (χ4n) is 2.69. The van der Waals surface area contributed by atoms with Crippen LogP contribution in [-0.4, -0.2) is 38.6 Å². The number of carbonyl (C=O) groups excluding carboxylic acids is 1. The molecular weight excluding hydrogens is 483 g/mol. The Labute approximate surface area is 188 Å². The second kappa shape index (κ2) is 12.4. The molecule has 158 valence electrons. The maximum Gasteiger partial charge on any atom is 0.223 e. The number of hydrogen-bond acceptors (Lipinski definition) is 4. The molecule has 0 aliphatic heterocycles. The van der Waals surface area contributed by atoms with E-state index < -0.39 is 0 Å². The summed E-state index contributed by atoms with van der Waals surface area (Å²) >= 11 is 0. The summed E-state index contributed by atoms with van der Waals surface area (Å²) in [5.74, 6) is 2.86. The monoisotopic (exact) mass is 512 g/mol. The van der Waals surface area contributed by atoms with Crippen LogP contribution in [-0.2, 0) is 17.8 Å². The minimum Gasteiger partial charge on any atom is -0.497 e. The van der Waals surface area contributed by atoms with E-state index in [4.69, 9.17) is 9.15 Å². The number of aliphatic imine (C=N–C) groups is 1. The molecule has 0 bridgehead atoms. The lowest BCUT2D eigenvalue weighted by Crippen LogP contribution is -2.42. The van der Waals surface area contributed by atoms with Crippen molar-refractivity contribution < 1.29 is 13.9 Å². The van der Waals surface area contributed by atoms with Gasteiger partial charge in [-0.2, -0.15) is 0 Å². The average Bonchev–Trinajstić information content (AvgIpc) is 3.45. The number of benzene rings is 1. The predicted octanol–water partition coefficient (Wildman–Crippen LogP) is 2.71. The molecule has 1 aromatic carbocycles. The zero-order valence-corrected chi connectivity index (χ0v) is 19.0. The summed E-state index contributed by atoms with van der Waals surface area (Å²) in [6.07, 6.45) is 4.48. The maximum atomic E-state index is 11.7. The number of guanidine groups is 1. The molecule has 1 aromatic heterocycles. The van der Waals surface area contributed by atoms with Crippen LogP contribution in [0.1, 0.15) is 24.2 Å². The topological polar surface area (TPSA) is 87.9 Å². The van der Waals surface area contributed by atoms with Gasteiger partial charge in [0.1, 0.15) is 11.5 Å². The lowest BCUT2D eigenvalue weighted by atomic mass is 10.2. The first-order chi connectivity index (χ1) is 13.7. The number of carbonyl (C=O) groups is 1. The Bertz CT molecular complexity index is 759. The molecule has 1 aliphatic rings. The van der Waals surface area contributed by atoms with Gasteiger partial charge < -0.3 is 25.1 Å². The number of nitrogens with one attached hydrogen (secondary N) is 3. The number of amides is 1. The number of rotatable bonds is 10. The van der Waals surface area contributed by atoms with E-state index in [0.717, 1.165) is 36.3 Å². The third-order valence-electron chi connectivity index (χ3n) is 4.49. The first kappa shape index (κ1) is 23.1. The molecule has 8 heteroatoms. The minimum atomic E-state index is 0. The predicted molar refractivity (Wildman–Crippen MR) is 124 cm³/mol. The van der Waals surface area contributed by atoms with Crippen molar-refractivity contribution in [2.75, 3.05) is 26.7 Å². The second-order valence-corrected chi connectivity index (χ2v) is 6.76. The molecule has 1 amide bonds. The van der Waals surface area contributed by atoms with Gasteiger partial charge in [-0.15, -0.1) is 24.0 Å². The molecule has 7 nitrogen and oxygen atoms in total. The van der Waals surface area contributed by atoms with Crippen LogP contribution in [0.5, 0.6) is 5.75 Å². The number of hydrogen-bond donors (Lipinski definition) is 3. The number of nitrogens with zero attached hydrogens (tertiary/aromatic N) is 1. The molecule has 29 heavy (non-hydrogen) atoms. The Morgan fingerprint density at radius 3 is 2.48 bits per heavy atom. The standard InChI is InChI=1S/C21H28N4O3.HI/c1-27-18-8-4-16(5-9-18)15-25-21(23-11-10-19-3-2-14-28-19)24-13-12-22-20(26)17-6-7-17;/h2-5,8-9,14,17H,6-7,10-13,15H2,1H3,(H,22,26)(H2,23,24,25);1H. The van der Waals surface area contributed by atoms with Crippen molar-refractivity contribution in [2.45, 2.75) is 25.8 Å². The maximum absolute atomic E-state index is 11.7. The zero-order chi connectivity index (χ0) is 19.6. The number of furan rings is 1. The fraction of sp³-hybridized carbons (Fsp3) is 0.429. The van der Waals surface area contributed by atoms with Crippen LogP contribution in [0.25, 0.3) is 0 Å². The molecule has 1 saturated carbocycles. The summed E-state index contributed by atoms with van der Waals surface area (Å²) in [7, 11) is 1.65. The molecule has 3 rings (SSSR count). The molecule has 3 N–H and O–H groups in total. The van der Waals surface area contributed by atoms with Crippen molar-refractivity contribution in [3.05, 3.63) is 54.0 Å². The second-order valence-electron chi connectivity index (χ2n) is 6.76. The Hall–Kier alpha value is -2.23. The van der Waals surface area contributed by atoms with Crippen molar-refractivity contribution in [3.63, 3.8) is 0 Å². The van der Waals surface area contributed by atoms with Gasteiger partial charge in [0.05, 0.1) is 19.9 Å². The van der Waals surface area contributed by atoms with Gasteiger partial charge in [0.15, 0.2) is 5.96 Å². The number of ether oxygens (including phenoxy) is 1. The van der Waals surface area contributed by atoms with E-state index in [-0.39, 0.29) is 35.8 Å². The largest absolute Gasteiger partial charge is 0.497 e. The zero-order valence-electron chi connectivity index (χ0n) is 16.6. The quantitative estimate of drug-likeness (QED) is 0.197. The van der Waals surface area contributed by atoms with Gasteiger partial charge in [0.25, 0.3) is 0 Å². The number of methoxy groups -OCH3 is 1. The third-order valence-corrected chi connectivity index (χ3v) is 4.49. The molecule has 2 aromatic rings. The first-order valence-electron chi connectivity index (χ1n) is 9.70. The Morgan fingerprint density at radius 2 is 1.83 bits per heavy atom. The molecule has 1 heterocycles.